The van der Waals surface area contributed by atoms with Crippen molar-refractivity contribution in [2.75, 3.05) is 17.3 Å². The third kappa shape index (κ3) is 2.51. The molecule has 2 rings (SSSR count). The molecule has 1 aliphatic heterocycles. The largest absolute Gasteiger partial charge is 0.271 e. The van der Waals surface area contributed by atoms with E-state index in [1.807, 2.05) is 30.6 Å². The van der Waals surface area contributed by atoms with Crippen LogP contribution in [-0.2, 0) is 7.05 Å². The lowest BCUT2D eigenvalue weighted by molar-refractivity contribution is 0.510. The molecule has 1 aromatic heterocycles. The second-order valence-corrected chi connectivity index (χ2v) is 6.53. The van der Waals surface area contributed by atoms with Crippen LogP contribution in [0.3, 0.4) is 0 Å². The van der Waals surface area contributed by atoms with Gasteiger partial charge in [-0.25, -0.2) is 0 Å². The maximum Gasteiger partial charge on any atom is 0.0834 e. The Bertz CT molecular complexity index is 332. The van der Waals surface area contributed by atoms with Gasteiger partial charge in [0.05, 0.1) is 23.0 Å². The fourth-order valence-electron chi connectivity index (χ4n) is 1.83. The van der Waals surface area contributed by atoms with E-state index >= 15 is 0 Å². The normalized spacial score (nSPS) is 23.3. The Morgan fingerprint density at radius 1 is 1.69 bits per heavy atom. The van der Waals surface area contributed by atoms with Crippen molar-refractivity contribution in [3.05, 3.63) is 16.9 Å². The van der Waals surface area contributed by atoms with E-state index in [1.165, 1.54) is 11.5 Å². The van der Waals surface area contributed by atoms with E-state index in [4.69, 9.17) is 17.4 Å². The number of nitrogens with one attached hydrogen (secondary N) is 1. The summed E-state index contributed by atoms with van der Waals surface area (Å²) >= 11 is 10.1. The lowest BCUT2D eigenvalue weighted by Gasteiger charge is -2.29. The summed E-state index contributed by atoms with van der Waals surface area (Å²) in [5.41, 5.74) is 3.85. The quantitative estimate of drug-likeness (QED) is 0.647. The van der Waals surface area contributed by atoms with Crippen LogP contribution in [-0.4, -0.2) is 32.3 Å². The van der Waals surface area contributed by atoms with Crippen molar-refractivity contribution in [1.82, 2.24) is 15.2 Å². The molecule has 0 bridgehead atoms. The average Bonchev–Trinajstić information content (AvgIpc) is 2.63. The number of hydrazine groups is 1. The van der Waals surface area contributed by atoms with Crippen LogP contribution < -0.4 is 11.3 Å². The number of thioether (sulfide) groups is 2. The van der Waals surface area contributed by atoms with Crippen LogP contribution in [0.1, 0.15) is 11.7 Å². The Morgan fingerprint density at radius 3 is 3.00 bits per heavy atom. The summed E-state index contributed by atoms with van der Waals surface area (Å²) in [5.74, 6) is 9.15. The van der Waals surface area contributed by atoms with Crippen LogP contribution in [0, 0.1) is 0 Å². The van der Waals surface area contributed by atoms with Gasteiger partial charge in [0.2, 0.25) is 0 Å². The first-order chi connectivity index (χ1) is 7.74. The van der Waals surface area contributed by atoms with Crippen molar-refractivity contribution < 1.29 is 0 Å². The molecular weight excluding hydrogens is 264 g/mol. The average molecular weight is 279 g/mol. The molecule has 2 heterocycles. The number of halogens is 1. The second kappa shape index (κ2) is 5.64. The summed E-state index contributed by atoms with van der Waals surface area (Å²) < 4.78 is 1.80. The van der Waals surface area contributed by atoms with Gasteiger partial charge in [-0.05, 0) is 0 Å². The SMILES string of the molecule is Cn1ncc(Cl)c1C(NN)C1CSCCS1. The van der Waals surface area contributed by atoms with E-state index in [9.17, 15) is 0 Å². The highest BCUT2D eigenvalue weighted by molar-refractivity contribution is 8.06. The highest BCUT2D eigenvalue weighted by atomic mass is 35.5. The molecule has 2 unspecified atom stereocenters. The molecule has 4 nitrogen and oxygen atoms in total. The molecule has 0 radical (unpaired) electrons. The van der Waals surface area contributed by atoms with Crippen molar-refractivity contribution >= 4 is 35.1 Å². The zero-order valence-corrected chi connectivity index (χ0v) is 11.4. The molecule has 1 fully saturated rings. The lowest BCUT2D eigenvalue weighted by Crippen LogP contribution is -2.39. The van der Waals surface area contributed by atoms with E-state index in [1.54, 1.807) is 10.9 Å². The molecule has 0 aliphatic carbocycles. The Morgan fingerprint density at radius 2 is 2.50 bits per heavy atom. The minimum Gasteiger partial charge on any atom is -0.271 e. The minimum atomic E-state index is 0.0674. The predicted molar refractivity (Wildman–Crippen MR) is 71.9 cm³/mol. The monoisotopic (exact) mass is 278 g/mol. The van der Waals surface area contributed by atoms with Gasteiger partial charge in [-0.3, -0.25) is 16.0 Å². The highest BCUT2D eigenvalue weighted by Crippen LogP contribution is 2.35. The Labute approximate surface area is 109 Å². The van der Waals surface area contributed by atoms with E-state index in [2.05, 4.69) is 10.5 Å². The molecular formula is C9H15ClN4S2. The minimum absolute atomic E-state index is 0.0674. The molecule has 1 aliphatic rings. The Kier molecular flexibility index (Phi) is 4.43. The molecule has 7 heteroatoms. The Balaban J connectivity index is 2.21. The zero-order chi connectivity index (χ0) is 11.5. The van der Waals surface area contributed by atoms with Crippen molar-refractivity contribution in [3.8, 4) is 0 Å². The first-order valence-electron chi connectivity index (χ1n) is 5.07. The van der Waals surface area contributed by atoms with Crippen molar-refractivity contribution in [1.29, 1.82) is 0 Å². The van der Waals surface area contributed by atoms with Crippen molar-refractivity contribution in [2.24, 2.45) is 12.9 Å². The van der Waals surface area contributed by atoms with Gasteiger partial charge in [-0.15, -0.1) is 0 Å². The standard InChI is InChI=1S/C9H15ClN4S2/c1-14-9(6(10)4-12-14)8(13-11)7-5-15-2-3-16-7/h4,7-8,13H,2-3,5,11H2,1H3. The van der Waals surface area contributed by atoms with Gasteiger partial charge in [0.1, 0.15) is 0 Å². The summed E-state index contributed by atoms with van der Waals surface area (Å²) in [6.45, 7) is 0. The number of aryl methyl sites for hydroxylation is 1. The van der Waals surface area contributed by atoms with Gasteiger partial charge in [-0.2, -0.15) is 28.6 Å². The van der Waals surface area contributed by atoms with Crippen LogP contribution in [0.15, 0.2) is 6.20 Å². The van der Waals surface area contributed by atoms with Crippen LogP contribution in [0.4, 0.5) is 0 Å². The molecule has 0 spiro atoms. The molecule has 0 aromatic carbocycles. The molecule has 90 valence electrons. The number of hydrogen-bond acceptors (Lipinski definition) is 5. The molecule has 2 atom stereocenters. The number of aromatic nitrogens is 2. The molecule has 0 saturated carbocycles. The second-order valence-electron chi connectivity index (χ2n) is 3.63. The summed E-state index contributed by atoms with van der Waals surface area (Å²) in [6, 6.07) is 0.0674. The number of nitrogens with zero attached hydrogens (tertiary/aromatic N) is 2. The van der Waals surface area contributed by atoms with Crippen molar-refractivity contribution in [3.63, 3.8) is 0 Å². The van der Waals surface area contributed by atoms with Gasteiger partial charge < -0.3 is 0 Å². The van der Waals surface area contributed by atoms with E-state index in [0.29, 0.717) is 10.3 Å². The topological polar surface area (TPSA) is 55.9 Å². The molecule has 16 heavy (non-hydrogen) atoms. The van der Waals surface area contributed by atoms with Crippen LogP contribution >= 0.6 is 35.1 Å². The Hall–Kier alpha value is 0.120. The van der Waals surface area contributed by atoms with Gasteiger partial charge in [0.25, 0.3) is 0 Å². The molecule has 0 amide bonds. The number of hydrogen-bond donors (Lipinski definition) is 2. The van der Waals surface area contributed by atoms with Crippen LogP contribution in [0.5, 0.6) is 0 Å². The maximum absolute atomic E-state index is 6.14. The molecule has 3 N–H and O–H groups in total. The van der Waals surface area contributed by atoms with Crippen molar-refractivity contribution in [2.45, 2.75) is 11.3 Å². The smallest absolute Gasteiger partial charge is 0.0834 e. The number of rotatable bonds is 3. The zero-order valence-electron chi connectivity index (χ0n) is 9.02. The summed E-state index contributed by atoms with van der Waals surface area (Å²) in [5, 5.41) is 5.29. The third-order valence-electron chi connectivity index (χ3n) is 2.63. The van der Waals surface area contributed by atoms with Gasteiger partial charge in [0, 0.05) is 29.6 Å². The van der Waals surface area contributed by atoms with E-state index in [-0.39, 0.29) is 6.04 Å². The van der Waals surface area contributed by atoms with E-state index in [0.717, 1.165) is 11.4 Å². The summed E-state index contributed by atoms with van der Waals surface area (Å²) in [4.78, 5) is 0. The molecule has 1 saturated heterocycles. The molecule has 1 aromatic rings. The first-order valence-corrected chi connectivity index (χ1v) is 7.65. The van der Waals surface area contributed by atoms with Gasteiger partial charge in [0.15, 0.2) is 0 Å². The number of nitrogens with two attached hydrogens (primary N) is 1. The summed E-state index contributed by atoms with van der Waals surface area (Å²) in [6.07, 6.45) is 1.67. The predicted octanol–water partition coefficient (Wildman–Crippen LogP) is 1.43. The fraction of sp³-hybridized carbons (Fsp3) is 0.667. The first kappa shape index (κ1) is 12.6. The fourth-order valence-corrected chi connectivity index (χ4v) is 4.94. The van der Waals surface area contributed by atoms with Crippen LogP contribution in [0.25, 0.3) is 0 Å². The lowest BCUT2D eigenvalue weighted by atomic mass is 10.1. The highest BCUT2D eigenvalue weighted by Gasteiger charge is 2.29. The summed E-state index contributed by atoms with van der Waals surface area (Å²) in [7, 11) is 1.90. The van der Waals surface area contributed by atoms with E-state index < -0.39 is 0 Å². The maximum atomic E-state index is 6.14. The third-order valence-corrected chi connectivity index (χ3v) is 5.78. The van der Waals surface area contributed by atoms with Gasteiger partial charge in [-0.1, -0.05) is 11.6 Å². The van der Waals surface area contributed by atoms with Crippen LogP contribution in [0.2, 0.25) is 5.02 Å². The van der Waals surface area contributed by atoms with Gasteiger partial charge >= 0.3 is 0 Å².